The molecule has 0 unspecified atom stereocenters. The topological polar surface area (TPSA) is 71.4 Å². The minimum atomic E-state index is -0.549. The van der Waals surface area contributed by atoms with Crippen LogP contribution in [-0.2, 0) is 16.0 Å². The fourth-order valence-electron chi connectivity index (χ4n) is 2.87. The van der Waals surface area contributed by atoms with Gasteiger partial charge < -0.3 is 10.2 Å². The van der Waals surface area contributed by atoms with Crippen LogP contribution in [0.2, 0.25) is 0 Å². The molecule has 3 rings (SSSR count). The van der Waals surface area contributed by atoms with E-state index in [2.05, 4.69) is 5.32 Å². The van der Waals surface area contributed by atoms with Gasteiger partial charge in [0.1, 0.15) is 6.04 Å². The molecule has 1 aromatic heterocycles. The molecule has 22 heavy (non-hydrogen) atoms. The van der Waals surface area contributed by atoms with Gasteiger partial charge in [0.05, 0.1) is 12.1 Å². The number of benzene rings is 1. The Labute approximate surface area is 127 Å². The highest BCUT2D eigenvalue weighted by molar-refractivity contribution is 5.97. The Morgan fingerprint density at radius 1 is 1.32 bits per heavy atom. The molecule has 0 radical (unpaired) electrons. The third-order valence-electron chi connectivity index (χ3n) is 4.12. The van der Waals surface area contributed by atoms with Gasteiger partial charge in [-0.15, -0.1) is 0 Å². The zero-order chi connectivity index (χ0) is 15.9. The van der Waals surface area contributed by atoms with E-state index in [1.807, 2.05) is 24.3 Å². The standard InChI is InChI=1S/C16H17N3O3/c1-10(20)19-9-11(12-5-3-4-6-13(12)19)7-14-16(22)17-8-15(21)18(14)2/h3-6,9,14H,7-8H2,1-2H3,(H,17,22)/t14-/m0/s1. The van der Waals surface area contributed by atoms with E-state index >= 15 is 0 Å². The van der Waals surface area contributed by atoms with Crippen LogP contribution in [0.15, 0.2) is 30.5 Å². The fraction of sp³-hybridized carbons (Fsp3) is 0.312. The third-order valence-corrected chi connectivity index (χ3v) is 4.12. The van der Waals surface area contributed by atoms with E-state index in [0.717, 1.165) is 16.5 Å². The van der Waals surface area contributed by atoms with Gasteiger partial charge in [0.15, 0.2) is 0 Å². The fourth-order valence-corrected chi connectivity index (χ4v) is 2.87. The van der Waals surface area contributed by atoms with Crippen molar-refractivity contribution in [3.05, 3.63) is 36.0 Å². The third kappa shape index (κ3) is 2.26. The maximum Gasteiger partial charge on any atom is 0.243 e. The van der Waals surface area contributed by atoms with Crippen LogP contribution in [0, 0.1) is 0 Å². The molecule has 114 valence electrons. The Bertz CT molecular complexity index is 778. The number of likely N-dealkylation sites (N-methyl/N-ethyl adjacent to an activating group) is 1. The highest BCUT2D eigenvalue weighted by Gasteiger charge is 2.32. The number of aromatic nitrogens is 1. The monoisotopic (exact) mass is 299 g/mol. The molecule has 1 fully saturated rings. The summed E-state index contributed by atoms with van der Waals surface area (Å²) in [4.78, 5) is 37.1. The summed E-state index contributed by atoms with van der Waals surface area (Å²) in [5.74, 6) is -0.360. The maximum absolute atomic E-state index is 12.1. The summed E-state index contributed by atoms with van der Waals surface area (Å²) >= 11 is 0. The van der Waals surface area contributed by atoms with Crippen molar-refractivity contribution in [2.45, 2.75) is 19.4 Å². The van der Waals surface area contributed by atoms with Crippen LogP contribution >= 0.6 is 0 Å². The Balaban J connectivity index is 2.02. The number of nitrogens with one attached hydrogen (secondary N) is 1. The molecule has 1 N–H and O–H groups in total. The van der Waals surface area contributed by atoms with Crippen LogP contribution in [0.3, 0.4) is 0 Å². The molecule has 0 spiro atoms. The van der Waals surface area contributed by atoms with Gasteiger partial charge in [0, 0.05) is 32.0 Å². The summed E-state index contributed by atoms with van der Waals surface area (Å²) in [6, 6.07) is 7.01. The van der Waals surface area contributed by atoms with Crippen molar-refractivity contribution >= 4 is 28.6 Å². The molecule has 1 aromatic carbocycles. The van der Waals surface area contributed by atoms with Crippen LogP contribution in [0.4, 0.5) is 0 Å². The number of hydrogen-bond donors (Lipinski definition) is 1. The van der Waals surface area contributed by atoms with Crippen molar-refractivity contribution in [3.63, 3.8) is 0 Å². The van der Waals surface area contributed by atoms with E-state index < -0.39 is 6.04 Å². The molecule has 2 heterocycles. The van der Waals surface area contributed by atoms with Crippen molar-refractivity contribution in [2.24, 2.45) is 0 Å². The lowest BCUT2D eigenvalue weighted by Crippen LogP contribution is -2.57. The number of carbonyl (C=O) groups is 3. The Morgan fingerprint density at radius 2 is 2.05 bits per heavy atom. The van der Waals surface area contributed by atoms with E-state index in [4.69, 9.17) is 0 Å². The van der Waals surface area contributed by atoms with E-state index in [0.29, 0.717) is 6.42 Å². The number of rotatable bonds is 2. The number of carbonyl (C=O) groups excluding carboxylic acids is 3. The van der Waals surface area contributed by atoms with Crippen molar-refractivity contribution in [1.29, 1.82) is 0 Å². The molecular weight excluding hydrogens is 282 g/mol. The number of nitrogens with zero attached hydrogens (tertiary/aromatic N) is 2. The zero-order valence-electron chi connectivity index (χ0n) is 12.5. The zero-order valence-corrected chi connectivity index (χ0v) is 12.5. The van der Waals surface area contributed by atoms with Crippen molar-refractivity contribution < 1.29 is 14.4 Å². The van der Waals surface area contributed by atoms with Crippen LogP contribution < -0.4 is 5.32 Å². The molecular formula is C16H17N3O3. The number of hydrogen-bond acceptors (Lipinski definition) is 3. The smallest absolute Gasteiger partial charge is 0.243 e. The molecule has 0 saturated carbocycles. The Kier molecular flexibility index (Phi) is 3.44. The Hall–Kier alpha value is -2.63. The molecule has 2 aromatic rings. The van der Waals surface area contributed by atoms with Gasteiger partial charge in [-0.3, -0.25) is 19.0 Å². The first-order chi connectivity index (χ1) is 10.5. The average molecular weight is 299 g/mol. The van der Waals surface area contributed by atoms with Gasteiger partial charge in [-0.2, -0.15) is 0 Å². The van der Waals surface area contributed by atoms with Gasteiger partial charge >= 0.3 is 0 Å². The quantitative estimate of drug-likeness (QED) is 0.891. The van der Waals surface area contributed by atoms with Gasteiger partial charge in [-0.05, 0) is 11.6 Å². The van der Waals surface area contributed by atoms with E-state index in [9.17, 15) is 14.4 Å². The first-order valence-electron chi connectivity index (χ1n) is 7.12. The predicted octanol–water partition coefficient (Wildman–Crippen LogP) is 0.801. The number of fused-ring (bicyclic) bond motifs is 1. The van der Waals surface area contributed by atoms with Gasteiger partial charge in [0.2, 0.25) is 17.7 Å². The Morgan fingerprint density at radius 3 is 2.77 bits per heavy atom. The van der Waals surface area contributed by atoms with Crippen molar-refractivity contribution in [2.75, 3.05) is 13.6 Å². The first-order valence-corrected chi connectivity index (χ1v) is 7.12. The largest absolute Gasteiger partial charge is 0.345 e. The molecule has 1 aliphatic rings. The second-order valence-electron chi connectivity index (χ2n) is 5.50. The molecule has 1 atom stereocenters. The summed E-state index contributed by atoms with van der Waals surface area (Å²) in [7, 11) is 1.63. The number of amides is 2. The highest BCUT2D eigenvalue weighted by atomic mass is 16.2. The number of piperazine rings is 1. The van der Waals surface area contributed by atoms with Crippen LogP contribution in [-0.4, -0.2) is 46.8 Å². The van der Waals surface area contributed by atoms with E-state index in [-0.39, 0.29) is 24.3 Å². The van der Waals surface area contributed by atoms with E-state index in [1.54, 1.807) is 17.8 Å². The predicted molar refractivity (Wildman–Crippen MR) is 81.5 cm³/mol. The lowest BCUT2D eigenvalue weighted by Gasteiger charge is -2.31. The van der Waals surface area contributed by atoms with E-state index in [1.165, 1.54) is 11.8 Å². The number of para-hydroxylation sites is 1. The minimum absolute atomic E-state index is 0.0427. The normalized spacial score (nSPS) is 18.6. The molecule has 1 saturated heterocycles. The maximum atomic E-state index is 12.1. The van der Waals surface area contributed by atoms with Crippen molar-refractivity contribution in [1.82, 2.24) is 14.8 Å². The SMILES string of the molecule is CC(=O)n1cc(C[C@H]2C(=O)NCC(=O)N2C)c2ccccc21. The molecule has 6 nitrogen and oxygen atoms in total. The van der Waals surface area contributed by atoms with Crippen molar-refractivity contribution in [3.8, 4) is 0 Å². The second kappa shape index (κ2) is 5.29. The average Bonchev–Trinajstić information content (AvgIpc) is 2.87. The molecule has 1 aliphatic heterocycles. The summed E-state index contributed by atoms with van der Waals surface area (Å²) in [6.07, 6.45) is 2.14. The minimum Gasteiger partial charge on any atom is -0.345 e. The van der Waals surface area contributed by atoms with Crippen LogP contribution in [0.25, 0.3) is 10.9 Å². The molecule has 2 amide bonds. The summed E-state index contributed by atoms with van der Waals surface area (Å²) in [6.45, 7) is 1.54. The summed E-state index contributed by atoms with van der Waals surface area (Å²) in [5.41, 5.74) is 1.70. The summed E-state index contributed by atoms with van der Waals surface area (Å²) in [5, 5.41) is 3.53. The highest BCUT2D eigenvalue weighted by Crippen LogP contribution is 2.24. The second-order valence-corrected chi connectivity index (χ2v) is 5.50. The van der Waals surface area contributed by atoms with Gasteiger partial charge in [0.25, 0.3) is 0 Å². The van der Waals surface area contributed by atoms with Gasteiger partial charge in [-0.1, -0.05) is 18.2 Å². The summed E-state index contributed by atoms with van der Waals surface area (Å²) < 4.78 is 1.58. The van der Waals surface area contributed by atoms with Crippen LogP contribution in [0.5, 0.6) is 0 Å². The van der Waals surface area contributed by atoms with Crippen LogP contribution in [0.1, 0.15) is 17.3 Å². The lowest BCUT2D eigenvalue weighted by molar-refractivity contribution is -0.143. The molecule has 6 heteroatoms. The van der Waals surface area contributed by atoms with Gasteiger partial charge in [-0.25, -0.2) is 0 Å². The molecule has 0 aliphatic carbocycles. The first kappa shape index (κ1) is 14.3. The molecule has 0 bridgehead atoms. The lowest BCUT2D eigenvalue weighted by atomic mass is 10.0.